The van der Waals surface area contributed by atoms with Gasteiger partial charge >= 0.3 is 0 Å². The van der Waals surface area contributed by atoms with Crippen LogP contribution in [0.4, 0.5) is 0 Å². The summed E-state index contributed by atoms with van der Waals surface area (Å²) in [5.41, 5.74) is 2.28. The topological polar surface area (TPSA) is 54.9 Å². The second-order valence-corrected chi connectivity index (χ2v) is 7.20. The van der Waals surface area contributed by atoms with E-state index in [1.54, 1.807) is 7.11 Å². The maximum atomic E-state index is 5.93. The molecule has 0 heterocycles. The molecule has 150 valence electrons. The van der Waals surface area contributed by atoms with E-state index in [2.05, 4.69) is 55.9 Å². The molecule has 1 aromatic rings. The molecule has 0 aromatic heterocycles. The maximum Gasteiger partial charge on any atom is 0.191 e. The third-order valence-electron chi connectivity index (χ3n) is 3.68. The minimum absolute atomic E-state index is 0. The molecular formula is C19H34IN3O2S. The van der Waals surface area contributed by atoms with Crippen LogP contribution in [0.15, 0.2) is 23.2 Å². The van der Waals surface area contributed by atoms with Crippen LogP contribution in [0, 0.1) is 6.92 Å². The van der Waals surface area contributed by atoms with E-state index in [0.29, 0.717) is 25.0 Å². The van der Waals surface area contributed by atoms with Crippen molar-refractivity contribution in [2.75, 3.05) is 39.7 Å². The predicted molar refractivity (Wildman–Crippen MR) is 124 cm³/mol. The monoisotopic (exact) mass is 495 g/mol. The Balaban J connectivity index is 0.00000625. The number of hydrogen-bond donors (Lipinski definition) is 2. The Hall–Kier alpha value is -0.670. The normalized spacial score (nSPS) is 12.3. The molecular weight excluding hydrogens is 461 g/mol. The van der Waals surface area contributed by atoms with Crippen LogP contribution in [-0.4, -0.2) is 50.9 Å². The van der Waals surface area contributed by atoms with Crippen LogP contribution in [0.2, 0.25) is 0 Å². The zero-order valence-electron chi connectivity index (χ0n) is 16.6. The molecule has 0 saturated carbocycles. The van der Waals surface area contributed by atoms with Crippen molar-refractivity contribution >= 4 is 41.7 Å². The van der Waals surface area contributed by atoms with E-state index in [-0.39, 0.29) is 24.0 Å². The molecule has 1 aromatic carbocycles. The molecule has 0 bridgehead atoms. The van der Waals surface area contributed by atoms with Crippen molar-refractivity contribution in [2.24, 2.45) is 4.99 Å². The highest BCUT2D eigenvalue weighted by Gasteiger charge is 2.06. The number of aryl methyl sites for hydroxylation is 1. The van der Waals surface area contributed by atoms with Crippen molar-refractivity contribution in [3.8, 4) is 5.75 Å². The van der Waals surface area contributed by atoms with Gasteiger partial charge in [0.25, 0.3) is 0 Å². The lowest BCUT2D eigenvalue weighted by atomic mass is 10.1. The maximum absolute atomic E-state index is 5.93. The number of guanidine groups is 1. The van der Waals surface area contributed by atoms with E-state index in [4.69, 9.17) is 14.5 Å². The molecule has 7 heteroatoms. The summed E-state index contributed by atoms with van der Waals surface area (Å²) in [4.78, 5) is 4.71. The number of nitrogens with zero attached hydrogens (tertiary/aromatic N) is 1. The van der Waals surface area contributed by atoms with Gasteiger partial charge in [-0.2, -0.15) is 11.8 Å². The molecule has 0 fully saturated rings. The van der Waals surface area contributed by atoms with Gasteiger partial charge in [-0.05, 0) is 31.7 Å². The Morgan fingerprint density at radius 3 is 2.69 bits per heavy atom. The molecule has 5 nitrogen and oxygen atoms in total. The minimum Gasteiger partial charge on any atom is -0.493 e. The van der Waals surface area contributed by atoms with Crippen LogP contribution in [0.25, 0.3) is 0 Å². The highest BCUT2D eigenvalue weighted by molar-refractivity contribution is 14.0. The second-order valence-electron chi connectivity index (χ2n) is 5.93. The van der Waals surface area contributed by atoms with Crippen LogP contribution < -0.4 is 15.4 Å². The van der Waals surface area contributed by atoms with Gasteiger partial charge in [0.15, 0.2) is 5.96 Å². The minimum atomic E-state index is 0. The van der Waals surface area contributed by atoms with Crippen molar-refractivity contribution < 1.29 is 9.47 Å². The van der Waals surface area contributed by atoms with E-state index in [0.717, 1.165) is 36.8 Å². The molecule has 26 heavy (non-hydrogen) atoms. The Morgan fingerprint density at radius 2 is 2.04 bits per heavy atom. The number of halogens is 1. The van der Waals surface area contributed by atoms with Crippen LogP contribution in [-0.2, 0) is 11.3 Å². The number of hydrogen-bond acceptors (Lipinski definition) is 4. The molecule has 0 saturated heterocycles. The lowest BCUT2D eigenvalue weighted by Crippen LogP contribution is -2.40. The Kier molecular flexibility index (Phi) is 15.0. The number of aliphatic imine (C=N–C) groups is 1. The Morgan fingerprint density at radius 1 is 1.27 bits per heavy atom. The fraction of sp³-hybridized carbons (Fsp3) is 0.632. The summed E-state index contributed by atoms with van der Waals surface area (Å²) in [6, 6.07) is 6.27. The van der Waals surface area contributed by atoms with Gasteiger partial charge in [0.2, 0.25) is 0 Å². The molecule has 1 atom stereocenters. The largest absolute Gasteiger partial charge is 0.493 e. The van der Waals surface area contributed by atoms with Gasteiger partial charge in [-0.15, -0.1) is 24.0 Å². The summed E-state index contributed by atoms with van der Waals surface area (Å²) in [5, 5.41) is 7.23. The summed E-state index contributed by atoms with van der Waals surface area (Å²) in [5.74, 6) is 1.75. The molecule has 0 aliphatic heterocycles. The van der Waals surface area contributed by atoms with E-state index in [1.807, 2.05) is 11.8 Å². The number of nitrogens with one attached hydrogen (secondary N) is 2. The predicted octanol–water partition coefficient (Wildman–Crippen LogP) is 3.83. The smallest absolute Gasteiger partial charge is 0.191 e. The van der Waals surface area contributed by atoms with Crippen LogP contribution in [0.1, 0.15) is 31.4 Å². The van der Waals surface area contributed by atoms with Gasteiger partial charge in [-0.1, -0.05) is 19.1 Å². The summed E-state index contributed by atoms with van der Waals surface area (Å²) in [6.45, 7) is 10.0. The van der Waals surface area contributed by atoms with Crippen molar-refractivity contribution in [1.29, 1.82) is 0 Å². The summed E-state index contributed by atoms with van der Waals surface area (Å²) >= 11 is 1.84. The van der Waals surface area contributed by atoms with Gasteiger partial charge < -0.3 is 20.1 Å². The molecule has 2 N–H and O–H groups in total. The first kappa shape index (κ1) is 25.3. The quantitative estimate of drug-likeness (QED) is 0.212. The molecule has 0 radical (unpaired) electrons. The number of rotatable bonds is 11. The Bertz CT molecular complexity index is 530. The number of benzene rings is 1. The molecule has 0 aliphatic rings. The SMILES string of the molecule is CCNC(=NCc1ccc(C)cc1OCCCOC)NCC(C)SC.I. The first-order valence-electron chi connectivity index (χ1n) is 8.86. The number of methoxy groups -OCH3 is 1. The molecule has 0 aliphatic carbocycles. The van der Waals surface area contributed by atoms with Crippen LogP contribution in [0.3, 0.4) is 0 Å². The number of thioether (sulfide) groups is 1. The van der Waals surface area contributed by atoms with E-state index < -0.39 is 0 Å². The van der Waals surface area contributed by atoms with Crippen molar-refractivity contribution in [1.82, 2.24) is 10.6 Å². The molecule has 1 unspecified atom stereocenters. The molecule has 0 spiro atoms. The zero-order valence-corrected chi connectivity index (χ0v) is 19.8. The van der Waals surface area contributed by atoms with Gasteiger partial charge in [-0.25, -0.2) is 4.99 Å². The average Bonchev–Trinajstić information content (AvgIpc) is 2.61. The number of ether oxygens (including phenoxy) is 2. The van der Waals surface area contributed by atoms with Crippen LogP contribution in [0.5, 0.6) is 5.75 Å². The standard InChI is InChI=1S/C19H33N3O2S.HI/c1-6-20-19(21-13-16(3)25-5)22-14-17-9-8-15(2)12-18(17)24-11-7-10-23-4;/h8-9,12,16H,6-7,10-11,13-14H2,1-5H3,(H2,20,21,22);1H. The second kappa shape index (κ2) is 15.4. The van der Waals surface area contributed by atoms with Gasteiger partial charge in [0.1, 0.15) is 5.75 Å². The lowest BCUT2D eigenvalue weighted by molar-refractivity contribution is 0.172. The fourth-order valence-electron chi connectivity index (χ4n) is 2.14. The third-order valence-corrected chi connectivity index (χ3v) is 4.66. The van der Waals surface area contributed by atoms with E-state index >= 15 is 0 Å². The van der Waals surface area contributed by atoms with Crippen molar-refractivity contribution in [2.45, 2.75) is 39.0 Å². The summed E-state index contributed by atoms with van der Waals surface area (Å²) in [6.07, 6.45) is 3.00. The highest BCUT2D eigenvalue weighted by Crippen LogP contribution is 2.21. The Labute approximate surface area is 180 Å². The van der Waals surface area contributed by atoms with Crippen molar-refractivity contribution in [3.63, 3.8) is 0 Å². The third kappa shape index (κ3) is 10.5. The molecule has 1 rings (SSSR count). The summed E-state index contributed by atoms with van der Waals surface area (Å²) in [7, 11) is 1.71. The van der Waals surface area contributed by atoms with Crippen molar-refractivity contribution in [3.05, 3.63) is 29.3 Å². The first-order chi connectivity index (χ1) is 12.1. The lowest BCUT2D eigenvalue weighted by Gasteiger charge is -2.15. The highest BCUT2D eigenvalue weighted by atomic mass is 127. The summed E-state index contributed by atoms with van der Waals surface area (Å²) < 4.78 is 11.0. The average molecular weight is 495 g/mol. The zero-order chi connectivity index (χ0) is 18.5. The van der Waals surface area contributed by atoms with E-state index in [9.17, 15) is 0 Å². The van der Waals surface area contributed by atoms with Gasteiger partial charge in [0.05, 0.1) is 13.2 Å². The fourth-order valence-corrected chi connectivity index (χ4v) is 2.39. The van der Waals surface area contributed by atoms with Crippen LogP contribution >= 0.6 is 35.7 Å². The van der Waals surface area contributed by atoms with Gasteiger partial charge in [-0.3, -0.25) is 0 Å². The first-order valence-corrected chi connectivity index (χ1v) is 10.2. The molecule has 0 amide bonds. The van der Waals surface area contributed by atoms with Gasteiger partial charge in [0, 0.05) is 44.0 Å². The van der Waals surface area contributed by atoms with E-state index in [1.165, 1.54) is 5.56 Å².